The Bertz CT molecular complexity index is 1220. The number of methoxy groups -OCH3 is 1. The Morgan fingerprint density at radius 3 is 2.24 bits per heavy atom. The van der Waals surface area contributed by atoms with E-state index >= 15 is 0 Å². The summed E-state index contributed by atoms with van der Waals surface area (Å²) in [5.41, 5.74) is 2.00. The molecule has 1 atom stereocenters. The first-order valence-corrected chi connectivity index (χ1v) is 11.1. The first-order chi connectivity index (χ1) is 16.4. The molecule has 1 amide bonds. The van der Waals surface area contributed by atoms with Crippen LogP contribution in [0.4, 0.5) is 0 Å². The molecule has 0 radical (unpaired) electrons. The Morgan fingerprint density at radius 2 is 1.59 bits per heavy atom. The molecule has 1 fully saturated rings. The van der Waals surface area contributed by atoms with Gasteiger partial charge in [-0.2, -0.15) is 0 Å². The fraction of sp³-hybridized carbons (Fsp3) is 0.214. The third-order valence-corrected chi connectivity index (χ3v) is 5.69. The molecule has 3 aromatic rings. The highest BCUT2D eigenvalue weighted by Gasteiger charge is 2.46. The highest BCUT2D eigenvalue weighted by molar-refractivity contribution is 6.46. The minimum absolute atomic E-state index is 0.0119. The van der Waals surface area contributed by atoms with Crippen LogP contribution >= 0.6 is 0 Å². The zero-order valence-corrected chi connectivity index (χ0v) is 19.4. The molecule has 6 heteroatoms. The molecule has 174 valence electrons. The summed E-state index contributed by atoms with van der Waals surface area (Å²) in [6.07, 6.45) is 0.0119. The molecule has 1 N–H and O–H groups in total. The fourth-order valence-electron chi connectivity index (χ4n) is 4.16. The van der Waals surface area contributed by atoms with Gasteiger partial charge in [-0.15, -0.1) is 0 Å². The highest BCUT2D eigenvalue weighted by atomic mass is 16.5. The van der Waals surface area contributed by atoms with Crippen molar-refractivity contribution < 1.29 is 24.2 Å². The summed E-state index contributed by atoms with van der Waals surface area (Å²) in [6, 6.07) is 22.7. The lowest BCUT2D eigenvalue weighted by Crippen LogP contribution is -2.29. The van der Waals surface area contributed by atoms with Gasteiger partial charge in [0.1, 0.15) is 17.3 Å². The van der Waals surface area contributed by atoms with Crippen molar-refractivity contribution in [3.05, 3.63) is 101 Å². The number of ketones is 1. The maximum Gasteiger partial charge on any atom is 0.295 e. The average molecular weight is 458 g/mol. The van der Waals surface area contributed by atoms with Gasteiger partial charge in [0, 0.05) is 11.1 Å². The minimum atomic E-state index is -0.738. The summed E-state index contributed by atoms with van der Waals surface area (Å²) >= 11 is 0. The van der Waals surface area contributed by atoms with Gasteiger partial charge in [0.2, 0.25) is 0 Å². The zero-order valence-electron chi connectivity index (χ0n) is 19.4. The molecule has 0 spiro atoms. The van der Waals surface area contributed by atoms with Gasteiger partial charge < -0.3 is 19.5 Å². The molecule has 0 aliphatic carbocycles. The van der Waals surface area contributed by atoms with E-state index in [9.17, 15) is 14.7 Å². The van der Waals surface area contributed by atoms with E-state index in [1.165, 1.54) is 4.90 Å². The van der Waals surface area contributed by atoms with Crippen molar-refractivity contribution >= 4 is 17.4 Å². The van der Waals surface area contributed by atoms with Crippen LogP contribution in [-0.4, -0.2) is 34.9 Å². The maximum absolute atomic E-state index is 13.2. The van der Waals surface area contributed by atoms with Crippen LogP contribution in [0, 0.1) is 0 Å². The van der Waals surface area contributed by atoms with Crippen molar-refractivity contribution in [2.24, 2.45) is 0 Å². The monoisotopic (exact) mass is 457 g/mol. The summed E-state index contributed by atoms with van der Waals surface area (Å²) in [4.78, 5) is 27.9. The van der Waals surface area contributed by atoms with Crippen LogP contribution in [0.25, 0.3) is 5.76 Å². The quantitative estimate of drug-likeness (QED) is 0.303. The SMILES string of the molecule is COc1ccccc1CN1C(=O)C(=O)/C(=C(/O)c2ccc(OC(C)C)cc2)C1c1ccccc1. The van der Waals surface area contributed by atoms with Crippen molar-refractivity contribution in [1.29, 1.82) is 0 Å². The molecule has 1 aliphatic heterocycles. The number of amides is 1. The van der Waals surface area contributed by atoms with Crippen LogP contribution in [0.15, 0.2) is 84.4 Å². The highest BCUT2D eigenvalue weighted by Crippen LogP contribution is 2.41. The third kappa shape index (κ3) is 4.53. The number of para-hydroxylation sites is 1. The molecule has 1 saturated heterocycles. The molecule has 1 aliphatic rings. The Hall–Kier alpha value is -4.06. The molecule has 0 aromatic heterocycles. The molecular weight excluding hydrogens is 430 g/mol. The number of carbonyl (C=O) groups is 2. The van der Waals surface area contributed by atoms with Crippen LogP contribution < -0.4 is 9.47 Å². The normalized spacial score (nSPS) is 17.3. The van der Waals surface area contributed by atoms with Crippen molar-refractivity contribution in [3.8, 4) is 11.5 Å². The van der Waals surface area contributed by atoms with E-state index in [2.05, 4.69) is 0 Å². The van der Waals surface area contributed by atoms with Gasteiger partial charge in [-0.25, -0.2) is 0 Å². The van der Waals surface area contributed by atoms with Crippen LogP contribution in [0.2, 0.25) is 0 Å². The molecule has 4 rings (SSSR count). The van der Waals surface area contributed by atoms with Crippen molar-refractivity contribution in [1.82, 2.24) is 4.90 Å². The van der Waals surface area contributed by atoms with Gasteiger partial charge in [-0.3, -0.25) is 9.59 Å². The molecule has 1 unspecified atom stereocenters. The zero-order chi connectivity index (χ0) is 24.2. The molecule has 3 aromatic carbocycles. The molecule has 0 bridgehead atoms. The fourth-order valence-corrected chi connectivity index (χ4v) is 4.16. The lowest BCUT2D eigenvalue weighted by molar-refractivity contribution is -0.140. The van der Waals surface area contributed by atoms with E-state index in [4.69, 9.17) is 9.47 Å². The third-order valence-electron chi connectivity index (χ3n) is 5.69. The van der Waals surface area contributed by atoms with Crippen molar-refractivity contribution in [2.75, 3.05) is 7.11 Å². The van der Waals surface area contributed by atoms with Gasteiger partial charge in [-0.1, -0.05) is 48.5 Å². The second-order valence-electron chi connectivity index (χ2n) is 8.34. The number of carbonyl (C=O) groups excluding carboxylic acids is 2. The minimum Gasteiger partial charge on any atom is -0.507 e. The Kier molecular flexibility index (Phi) is 6.68. The average Bonchev–Trinajstić information content (AvgIpc) is 3.09. The van der Waals surface area contributed by atoms with Crippen LogP contribution in [0.1, 0.15) is 36.6 Å². The van der Waals surface area contributed by atoms with E-state index in [1.807, 2.05) is 68.4 Å². The van der Waals surface area contributed by atoms with Crippen molar-refractivity contribution in [2.45, 2.75) is 32.5 Å². The largest absolute Gasteiger partial charge is 0.507 e. The Morgan fingerprint density at radius 1 is 0.941 bits per heavy atom. The molecule has 1 heterocycles. The number of rotatable bonds is 7. The van der Waals surface area contributed by atoms with Gasteiger partial charge in [0.05, 0.1) is 31.4 Å². The summed E-state index contributed by atoms with van der Waals surface area (Å²) in [6.45, 7) is 4.01. The standard InChI is InChI=1S/C28H27NO5/c1-18(2)34-22-15-13-20(14-16-22)26(30)24-25(19-9-5-4-6-10-19)29(28(32)27(24)31)17-21-11-7-8-12-23(21)33-3/h4-16,18,25,30H,17H2,1-3H3/b26-24+. The smallest absolute Gasteiger partial charge is 0.295 e. The number of hydrogen-bond donors (Lipinski definition) is 1. The van der Waals surface area contributed by atoms with E-state index in [1.54, 1.807) is 31.4 Å². The van der Waals surface area contributed by atoms with E-state index in [-0.39, 0.29) is 24.0 Å². The topological polar surface area (TPSA) is 76.1 Å². The van der Waals surface area contributed by atoms with Crippen LogP contribution in [0.3, 0.4) is 0 Å². The lowest BCUT2D eigenvalue weighted by Gasteiger charge is -2.26. The van der Waals surface area contributed by atoms with E-state index in [0.717, 1.165) is 11.1 Å². The summed E-state index contributed by atoms with van der Waals surface area (Å²) in [5, 5.41) is 11.2. The van der Waals surface area contributed by atoms with Gasteiger partial charge in [-0.05, 0) is 49.7 Å². The van der Waals surface area contributed by atoms with Crippen molar-refractivity contribution in [3.63, 3.8) is 0 Å². The predicted molar refractivity (Wildman–Crippen MR) is 129 cm³/mol. The first kappa shape index (κ1) is 23.1. The number of benzene rings is 3. The molecule has 6 nitrogen and oxygen atoms in total. The van der Waals surface area contributed by atoms with Crippen LogP contribution in [0.5, 0.6) is 11.5 Å². The number of aliphatic hydroxyl groups excluding tert-OH is 1. The first-order valence-electron chi connectivity index (χ1n) is 11.1. The Labute approximate surface area is 199 Å². The number of nitrogens with zero attached hydrogens (tertiary/aromatic N) is 1. The number of likely N-dealkylation sites (tertiary alicyclic amines) is 1. The lowest BCUT2D eigenvalue weighted by atomic mass is 9.95. The van der Waals surface area contributed by atoms with Gasteiger partial charge >= 0.3 is 0 Å². The summed E-state index contributed by atoms with van der Waals surface area (Å²) < 4.78 is 11.1. The molecular formula is C28H27NO5. The van der Waals surface area contributed by atoms with Gasteiger partial charge in [0.25, 0.3) is 11.7 Å². The number of aliphatic hydroxyl groups is 1. The second-order valence-corrected chi connectivity index (χ2v) is 8.34. The van der Waals surface area contributed by atoms with E-state index in [0.29, 0.717) is 17.1 Å². The van der Waals surface area contributed by atoms with Gasteiger partial charge in [0.15, 0.2) is 0 Å². The maximum atomic E-state index is 13.2. The summed E-state index contributed by atoms with van der Waals surface area (Å²) in [5.74, 6) is -0.324. The van der Waals surface area contributed by atoms with E-state index < -0.39 is 17.7 Å². The Balaban J connectivity index is 1.79. The number of hydrogen-bond acceptors (Lipinski definition) is 5. The number of ether oxygens (including phenoxy) is 2. The molecule has 34 heavy (non-hydrogen) atoms. The predicted octanol–water partition coefficient (Wildman–Crippen LogP) is 5.10. The number of Topliss-reactive ketones (excluding diaryl/α,β-unsaturated/α-hetero) is 1. The summed E-state index contributed by atoms with van der Waals surface area (Å²) in [7, 11) is 1.56. The van der Waals surface area contributed by atoms with Crippen LogP contribution in [-0.2, 0) is 16.1 Å². The second kappa shape index (κ2) is 9.83. The molecule has 0 saturated carbocycles.